The van der Waals surface area contributed by atoms with E-state index in [9.17, 15) is 13.2 Å². The number of nitrogens with zero attached hydrogens (tertiary/aromatic N) is 3. The molecule has 0 aromatic carbocycles. The lowest BCUT2D eigenvalue weighted by molar-refractivity contribution is 0.0197. The third-order valence-electron chi connectivity index (χ3n) is 3.48. The second kappa shape index (κ2) is 6.43. The SMILES string of the molecule is CC(C)(C)OC(=O)N1CCC[C@H](c2ccnc(S(C)(=O)=O)n2)C1. The number of hydrogen-bond donors (Lipinski definition) is 0. The number of amides is 1. The van der Waals surface area contributed by atoms with Crippen molar-refractivity contribution in [3.63, 3.8) is 0 Å². The van der Waals surface area contributed by atoms with Crippen LogP contribution in [0.1, 0.15) is 45.2 Å². The molecule has 2 rings (SSSR count). The Balaban J connectivity index is 2.14. The molecule has 0 aliphatic carbocycles. The minimum absolute atomic E-state index is 0.0141. The van der Waals surface area contributed by atoms with E-state index in [0.29, 0.717) is 18.8 Å². The summed E-state index contributed by atoms with van der Waals surface area (Å²) in [5.41, 5.74) is 0.108. The van der Waals surface area contributed by atoms with Gasteiger partial charge in [-0.25, -0.2) is 23.2 Å². The lowest BCUT2D eigenvalue weighted by Crippen LogP contribution is -2.42. The highest BCUT2D eigenvalue weighted by molar-refractivity contribution is 7.90. The van der Waals surface area contributed by atoms with Gasteiger partial charge in [0.15, 0.2) is 0 Å². The summed E-state index contributed by atoms with van der Waals surface area (Å²) in [5.74, 6) is -0.0141. The van der Waals surface area contributed by atoms with E-state index in [-0.39, 0.29) is 17.2 Å². The molecular weight excluding hydrogens is 318 g/mol. The summed E-state index contributed by atoms with van der Waals surface area (Å²) < 4.78 is 28.6. The molecule has 1 aromatic rings. The molecule has 1 aromatic heterocycles. The first-order valence-electron chi connectivity index (χ1n) is 7.57. The second-order valence-corrected chi connectivity index (χ2v) is 8.71. The van der Waals surface area contributed by atoms with Crippen molar-refractivity contribution < 1.29 is 17.9 Å². The molecule has 23 heavy (non-hydrogen) atoms. The van der Waals surface area contributed by atoms with Crippen molar-refractivity contribution in [1.82, 2.24) is 14.9 Å². The lowest BCUT2D eigenvalue weighted by atomic mass is 9.95. The monoisotopic (exact) mass is 341 g/mol. The van der Waals surface area contributed by atoms with Crippen molar-refractivity contribution in [1.29, 1.82) is 0 Å². The van der Waals surface area contributed by atoms with Crippen molar-refractivity contribution in [3.8, 4) is 0 Å². The van der Waals surface area contributed by atoms with Crippen molar-refractivity contribution in [2.24, 2.45) is 0 Å². The maximum Gasteiger partial charge on any atom is 0.410 e. The Bertz CT molecular complexity index is 682. The molecule has 1 saturated heterocycles. The van der Waals surface area contributed by atoms with E-state index in [1.54, 1.807) is 11.0 Å². The quantitative estimate of drug-likeness (QED) is 0.764. The Labute approximate surface area is 137 Å². The van der Waals surface area contributed by atoms with Crippen molar-refractivity contribution >= 4 is 15.9 Å². The van der Waals surface area contributed by atoms with Gasteiger partial charge in [0.05, 0.1) is 0 Å². The van der Waals surface area contributed by atoms with Gasteiger partial charge in [-0.1, -0.05) is 0 Å². The molecule has 1 aliphatic rings. The predicted molar refractivity (Wildman–Crippen MR) is 84.9 cm³/mol. The zero-order chi connectivity index (χ0) is 17.3. The Morgan fingerprint density at radius 3 is 2.70 bits per heavy atom. The van der Waals surface area contributed by atoms with Gasteiger partial charge >= 0.3 is 6.09 Å². The molecule has 0 spiro atoms. The normalized spacial score (nSPS) is 19.5. The highest BCUT2D eigenvalue weighted by Gasteiger charge is 2.29. The largest absolute Gasteiger partial charge is 0.444 e. The number of sulfone groups is 1. The van der Waals surface area contributed by atoms with E-state index in [4.69, 9.17) is 4.74 Å². The molecule has 1 amide bonds. The minimum Gasteiger partial charge on any atom is -0.444 e. The number of likely N-dealkylation sites (tertiary alicyclic amines) is 1. The van der Waals surface area contributed by atoms with Crippen LogP contribution >= 0.6 is 0 Å². The number of carbonyl (C=O) groups is 1. The van der Waals surface area contributed by atoms with Crippen molar-refractivity contribution in [2.75, 3.05) is 19.3 Å². The van der Waals surface area contributed by atoms with Crippen LogP contribution in [0.25, 0.3) is 0 Å². The summed E-state index contributed by atoms with van der Waals surface area (Å²) in [4.78, 5) is 21.8. The number of aromatic nitrogens is 2. The van der Waals surface area contributed by atoms with Gasteiger partial charge in [0.2, 0.25) is 15.0 Å². The molecule has 128 valence electrons. The summed E-state index contributed by atoms with van der Waals surface area (Å²) >= 11 is 0. The summed E-state index contributed by atoms with van der Waals surface area (Å²) in [6.45, 7) is 6.59. The number of carbonyl (C=O) groups excluding carboxylic acids is 1. The van der Waals surface area contributed by atoms with E-state index >= 15 is 0 Å². The number of hydrogen-bond acceptors (Lipinski definition) is 6. The first-order valence-corrected chi connectivity index (χ1v) is 9.46. The van der Waals surface area contributed by atoms with Crippen LogP contribution < -0.4 is 0 Å². The van der Waals surface area contributed by atoms with Gasteiger partial charge in [-0.3, -0.25) is 0 Å². The van der Waals surface area contributed by atoms with E-state index in [1.165, 1.54) is 6.20 Å². The molecule has 0 saturated carbocycles. The van der Waals surface area contributed by atoms with Gasteiger partial charge in [-0.2, -0.15) is 0 Å². The molecular formula is C15H23N3O4S. The Morgan fingerprint density at radius 2 is 2.09 bits per heavy atom. The van der Waals surface area contributed by atoms with Gasteiger partial charge in [0, 0.05) is 37.2 Å². The van der Waals surface area contributed by atoms with Gasteiger partial charge in [-0.15, -0.1) is 0 Å². The van der Waals surface area contributed by atoms with Crippen molar-refractivity contribution in [2.45, 2.75) is 50.3 Å². The van der Waals surface area contributed by atoms with Crippen LogP contribution in [-0.2, 0) is 14.6 Å². The van der Waals surface area contributed by atoms with Crippen LogP contribution in [0.4, 0.5) is 4.79 Å². The van der Waals surface area contributed by atoms with Crippen LogP contribution in [-0.4, -0.2) is 54.3 Å². The molecule has 1 atom stereocenters. The summed E-state index contributed by atoms with van der Waals surface area (Å²) in [6, 6.07) is 1.71. The maximum atomic E-state index is 12.2. The summed E-state index contributed by atoms with van der Waals surface area (Å²) in [6.07, 6.45) is 3.85. The van der Waals surface area contributed by atoms with E-state index in [1.807, 2.05) is 20.8 Å². The standard InChI is InChI=1S/C15H23N3O4S/c1-15(2,3)22-14(19)18-9-5-6-11(10-18)12-7-8-16-13(17-12)23(4,20)21/h7-8,11H,5-6,9-10H2,1-4H3/t11-/m0/s1. The van der Waals surface area contributed by atoms with Gasteiger partial charge in [0.1, 0.15) is 5.60 Å². The Morgan fingerprint density at radius 1 is 1.39 bits per heavy atom. The molecule has 8 heteroatoms. The fourth-order valence-electron chi connectivity index (χ4n) is 2.47. The first-order chi connectivity index (χ1) is 10.6. The molecule has 0 radical (unpaired) electrons. The Hall–Kier alpha value is -1.70. The maximum absolute atomic E-state index is 12.2. The number of rotatable bonds is 2. The zero-order valence-electron chi connectivity index (χ0n) is 13.9. The third kappa shape index (κ3) is 4.89. The van der Waals surface area contributed by atoms with Crippen LogP contribution in [0.5, 0.6) is 0 Å². The molecule has 1 aliphatic heterocycles. The van der Waals surface area contributed by atoms with E-state index < -0.39 is 15.4 Å². The zero-order valence-corrected chi connectivity index (χ0v) is 14.8. The fourth-order valence-corrected chi connectivity index (χ4v) is 2.99. The first kappa shape index (κ1) is 17.7. The topological polar surface area (TPSA) is 89.5 Å². The van der Waals surface area contributed by atoms with Crippen LogP contribution in [0, 0.1) is 0 Å². The Kier molecular flexibility index (Phi) is 4.93. The molecule has 7 nitrogen and oxygen atoms in total. The third-order valence-corrected chi connectivity index (χ3v) is 4.34. The molecule has 2 heterocycles. The van der Waals surface area contributed by atoms with Gasteiger partial charge in [-0.05, 0) is 39.7 Å². The fraction of sp³-hybridized carbons (Fsp3) is 0.667. The van der Waals surface area contributed by atoms with Gasteiger partial charge < -0.3 is 9.64 Å². The highest BCUT2D eigenvalue weighted by Crippen LogP contribution is 2.27. The minimum atomic E-state index is -3.45. The summed E-state index contributed by atoms with van der Waals surface area (Å²) in [7, 11) is -3.45. The van der Waals surface area contributed by atoms with Crippen molar-refractivity contribution in [3.05, 3.63) is 18.0 Å². The summed E-state index contributed by atoms with van der Waals surface area (Å²) in [5, 5.41) is -0.176. The number of ether oxygens (including phenoxy) is 1. The molecule has 0 bridgehead atoms. The van der Waals surface area contributed by atoms with Crippen LogP contribution in [0.3, 0.4) is 0 Å². The van der Waals surface area contributed by atoms with Crippen LogP contribution in [0.2, 0.25) is 0 Å². The van der Waals surface area contributed by atoms with Gasteiger partial charge in [0.25, 0.3) is 0 Å². The van der Waals surface area contributed by atoms with E-state index in [2.05, 4.69) is 9.97 Å². The smallest absolute Gasteiger partial charge is 0.410 e. The predicted octanol–water partition coefficient (Wildman–Crippen LogP) is 1.99. The van der Waals surface area contributed by atoms with E-state index in [0.717, 1.165) is 19.1 Å². The molecule has 0 unspecified atom stereocenters. The number of piperidine rings is 1. The second-order valence-electron chi connectivity index (χ2n) is 6.80. The molecule has 0 N–H and O–H groups in total. The average molecular weight is 341 g/mol. The average Bonchev–Trinajstić information content (AvgIpc) is 2.45. The van der Waals surface area contributed by atoms with Crippen LogP contribution in [0.15, 0.2) is 17.4 Å². The molecule has 1 fully saturated rings. The highest BCUT2D eigenvalue weighted by atomic mass is 32.2. The lowest BCUT2D eigenvalue weighted by Gasteiger charge is -2.33.